The molecule has 7 nitrogen and oxygen atoms in total. The van der Waals surface area contributed by atoms with Gasteiger partial charge in [0, 0.05) is 13.0 Å². The summed E-state index contributed by atoms with van der Waals surface area (Å²) in [6, 6.07) is 1.32. The van der Waals surface area contributed by atoms with Crippen LogP contribution >= 0.6 is 0 Å². The number of carbonyl (C=O) groups excluding carboxylic acids is 2. The molecule has 1 aliphatic rings. The lowest BCUT2D eigenvalue weighted by atomic mass is 9.94. The molecule has 0 aliphatic carbocycles. The van der Waals surface area contributed by atoms with E-state index < -0.39 is 47.4 Å². The molecule has 0 spiro atoms. The third-order valence-electron chi connectivity index (χ3n) is 5.58. The van der Waals surface area contributed by atoms with Gasteiger partial charge < -0.3 is 24.8 Å². The standard InChI is InChI=1S/C25H38F2N2O5/c1-15(2)7-8-21-13-29(24(32)34-25(4,5)6)20(14-33-21)12-22(28-16(3)30)23(31)17-9-18(26)11-19(27)10-17/h9-11,15,20-23,31H,7-8,12-14H2,1-6H3,(H,28,30). The molecule has 1 heterocycles. The lowest BCUT2D eigenvalue weighted by molar-refractivity contribution is -0.121. The Labute approximate surface area is 200 Å². The number of nitrogens with one attached hydrogen (secondary N) is 1. The Morgan fingerprint density at radius 3 is 2.38 bits per heavy atom. The largest absolute Gasteiger partial charge is 0.444 e. The molecule has 1 fully saturated rings. The number of aliphatic hydroxyl groups is 1. The van der Waals surface area contributed by atoms with Crippen LogP contribution in [-0.2, 0) is 14.3 Å². The fourth-order valence-corrected chi connectivity index (χ4v) is 3.99. The van der Waals surface area contributed by atoms with Crippen molar-refractivity contribution in [3.63, 3.8) is 0 Å². The molecule has 0 bridgehead atoms. The Hall–Kier alpha value is -2.26. The maximum absolute atomic E-state index is 13.7. The van der Waals surface area contributed by atoms with Gasteiger partial charge in [-0.25, -0.2) is 13.6 Å². The van der Waals surface area contributed by atoms with Crippen molar-refractivity contribution in [2.24, 2.45) is 5.92 Å². The van der Waals surface area contributed by atoms with E-state index in [0.29, 0.717) is 18.5 Å². The molecule has 0 aromatic heterocycles. The van der Waals surface area contributed by atoms with Crippen LogP contribution in [0, 0.1) is 17.6 Å². The number of morpholine rings is 1. The Bertz CT molecular complexity index is 823. The van der Waals surface area contributed by atoms with Gasteiger partial charge in [0.1, 0.15) is 17.2 Å². The van der Waals surface area contributed by atoms with Gasteiger partial charge in [0.2, 0.25) is 5.91 Å². The lowest BCUT2D eigenvalue weighted by Crippen LogP contribution is -2.56. The van der Waals surface area contributed by atoms with Crippen LogP contribution in [-0.4, -0.2) is 58.9 Å². The molecule has 2 N–H and O–H groups in total. The first-order chi connectivity index (χ1) is 15.7. The number of hydrogen-bond acceptors (Lipinski definition) is 5. The third-order valence-corrected chi connectivity index (χ3v) is 5.58. The van der Waals surface area contributed by atoms with Crippen molar-refractivity contribution < 1.29 is 33.0 Å². The molecular weight excluding hydrogens is 446 g/mol. The minimum atomic E-state index is -1.40. The molecule has 0 saturated carbocycles. The summed E-state index contributed by atoms with van der Waals surface area (Å²) < 4.78 is 39.1. The zero-order valence-corrected chi connectivity index (χ0v) is 20.9. The van der Waals surface area contributed by atoms with Gasteiger partial charge in [-0.05, 0) is 63.6 Å². The van der Waals surface area contributed by atoms with Crippen LogP contribution in [0.1, 0.15) is 72.5 Å². The molecule has 2 rings (SSSR count). The molecule has 4 atom stereocenters. The second-order valence-corrected chi connectivity index (χ2v) is 10.4. The van der Waals surface area contributed by atoms with Gasteiger partial charge in [-0.3, -0.25) is 4.79 Å². The highest BCUT2D eigenvalue weighted by Gasteiger charge is 2.38. The van der Waals surface area contributed by atoms with Gasteiger partial charge in [-0.15, -0.1) is 0 Å². The molecular formula is C25H38F2N2O5. The van der Waals surface area contributed by atoms with Crippen LogP contribution < -0.4 is 5.32 Å². The molecule has 192 valence electrons. The first kappa shape index (κ1) is 28.0. The maximum atomic E-state index is 13.7. The van der Waals surface area contributed by atoms with E-state index in [9.17, 15) is 23.5 Å². The number of halogens is 2. The van der Waals surface area contributed by atoms with E-state index in [2.05, 4.69) is 19.2 Å². The van der Waals surface area contributed by atoms with Crippen LogP contribution in [0.5, 0.6) is 0 Å². The summed E-state index contributed by atoms with van der Waals surface area (Å²) in [6.07, 6.45) is -0.237. The number of ether oxygens (including phenoxy) is 2. The Kier molecular flexibility index (Phi) is 9.82. The number of carbonyl (C=O) groups is 2. The third kappa shape index (κ3) is 8.83. The Balaban J connectivity index is 2.26. The molecule has 2 amide bonds. The SMILES string of the molecule is CC(=O)NC(CC1COC(CCC(C)C)CN1C(=O)OC(C)(C)C)C(O)c1cc(F)cc(F)c1. The van der Waals surface area contributed by atoms with Crippen molar-refractivity contribution in [3.05, 3.63) is 35.4 Å². The summed E-state index contributed by atoms with van der Waals surface area (Å²) >= 11 is 0. The first-order valence-electron chi connectivity index (χ1n) is 11.8. The van der Waals surface area contributed by atoms with Crippen molar-refractivity contribution in [2.45, 2.75) is 90.7 Å². The molecule has 1 aliphatic heterocycles. The maximum Gasteiger partial charge on any atom is 0.410 e. The van der Waals surface area contributed by atoms with Crippen LogP contribution in [0.4, 0.5) is 13.6 Å². The van der Waals surface area contributed by atoms with E-state index in [-0.39, 0.29) is 24.7 Å². The summed E-state index contributed by atoms with van der Waals surface area (Å²) in [7, 11) is 0. The quantitative estimate of drug-likeness (QED) is 0.573. The summed E-state index contributed by atoms with van der Waals surface area (Å²) in [5.41, 5.74) is -0.713. The lowest BCUT2D eigenvalue weighted by Gasteiger charge is -2.42. The zero-order chi connectivity index (χ0) is 25.6. The number of rotatable bonds is 8. The second kappa shape index (κ2) is 11.9. The van der Waals surface area contributed by atoms with E-state index in [4.69, 9.17) is 9.47 Å². The number of nitrogens with zero attached hydrogens (tertiary/aromatic N) is 1. The molecule has 9 heteroatoms. The molecule has 0 radical (unpaired) electrons. The highest BCUT2D eigenvalue weighted by molar-refractivity contribution is 5.73. The predicted molar refractivity (Wildman–Crippen MR) is 124 cm³/mol. The van der Waals surface area contributed by atoms with Crippen LogP contribution in [0.3, 0.4) is 0 Å². The van der Waals surface area contributed by atoms with Crippen LogP contribution in [0.15, 0.2) is 18.2 Å². The number of aliphatic hydroxyl groups excluding tert-OH is 1. The van der Waals surface area contributed by atoms with Crippen LogP contribution in [0.25, 0.3) is 0 Å². The fourth-order valence-electron chi connectivity index (χ4n) is 3.99. The van der Waals surface area contributed by atoms with Gasteiger partial charge in [-0.2, -0.15) is 0 Å². The van der Waals surface area contributed by atoms with E-state index in [0.717, 1.165) is 25.0 Å². The highest BCUT2D eigenvalue weighted by Crippen LogP contribution is 2.27. The second-order valence-electron chi connectivity index (χ2n) is 10.4. The monoisotopic (exact) mass is 484 g/mol. The van der Waals surface area contributed by atoms with E-state index in [1.807, 2.05) is 0 Å². The van der Waals surface area contributed by atoms with Crippen molar-refractivity contribution in [3.8, 4) is 0 Å². The van der Waals surface area contributed by atoms with Crippen LogP contribution in [0.2, 0.25) is 0 Å². The van der Waals surface area contributed by atoms with Gasteiger partial charge in [0.15, 0.2) is 0 Å². The Morgan fingerprint density at radius 2 is 1.85 bits per heavy atom. The van der Waals surface area contributed by atoms with Crippen molar-refractivity contribution in [2.75, 3.05) is 13.2 Å². The van der Waals surface area contributed by atoms with E-state index in [1.54, 1.807) is 25.7 Å². The van der Waals surface area contributed by atoms with Gasteiger partial charge in [-0.1, -0.05) is 13.8 Å². The minimum absolute atomic E-state index is 0.00777. The summed E-state index contributed by atoms with van der Waals surface area (Å²) in [5.74, 6) is -1.60. The highest BCUT2D eigenvalue weighted by atomic mass is 19.1. The number of amides is 2. The van der Waals surface area contributed by atoms with Gasteiger partial charge >= 0.3 is 6.09 Å². The molecule has 4 unspecified atom stereocenters. The molecule has 1 aromatic carbocycles. The average molecular weight is 485 g/mol. The summed E-state index contributed by atoms with van der Waals surface area (Å²) in [6.45, 7) is 11.3. The molecule has 1 saturated heterocycles. The van der Waals surface area contributed by atoms with E-state index >= 15 is 0 Å². The van der Waals surface area contributed by atoms with Crippen molar-refractivity contribution >= 4 is 12.0 Å². The van der Waals surface area contributed by atoms with E-state index in [1.165, 1.54) is 6.92 Å². The fraction of sp³-hybridized carbons (Fsp3) is 0.680. The summed E-state index contributed by atoms with van der Waals surface area (Å²) in [4.78, 5) is 26.5. The smallest absolute Gasteiger partial charge is 0.410 e. The average Bonchev–Trinajstić information content (AvgIpc) is 2.69. The minimum Gasteiger partial charge on any atom is -0.444 e. The molecule has 34 heavy (non-hydrogen) atoms. The topological polar surface area (TPSA) is 88.1 Å². The van der Waals surface area contributed by atoms with Gasteiger partial charge in [0.25, 0.3) is 0 Å². The number of hydrogen-bond donors (Lipinski definition) is 2. The molecule has 1 aromatic rings. The summed E-state index contributed by atoms with van der Waals surface area (Å²) in [5, 5.41) is 13.5. The Morgan fingerprint density at radius 1 is 1.24 bits per heavy atom. The van der Waals surface area contributed by atoms with Crippen molar-refractivity contribution in [1.82, 2.24) is 10.2 Å². The van der Waals surface area contributed by atoms with Crippen molar-refractivity contribution in [1.29, 1.82) is 0 Å². The first-order valence-corrected chi connectivity index (χ1v) is 11.8. The predicted octanol–water partition coefficient (Wildman–Crippen LogP) is 4.33. The van der Waals surface area contributed by atoms with Gasteiger partial charge in [0.05, 0.1) is 37.4 Å². The normalized spacial score (nSPS) is 20.7. The number of benzene rings is 1. The zero-order valence-electron chi connectivity index (χ0n) is 20.9.